The lowest BCUT2D eigenvalue weighted by atomic mass is 10.2. The first-order chi connectivity index (χ1) is 9.19. The molecule has 0 amide bonds. The number of rotatable bonds is 2. The van der Waals surface area contributed by atoms with E-state index in [-0.39, 0.29) is 13.0 Å². The van der Waals surface area contributed by atoms with Crippen molar-refractivity contribution in [1.29, 1.82) is 0 Å². The molecule has 2 aliphatic rings. The molecule has 0 aromatic carbocycles. The lowest BCUT2D eigenvalue weighted by molar-refractivity contribution is -0.0458. The molecule has 1 fully saturated rings. The van der Waals surface area contributed by atoms with E-state index in [0.717, 1.165) is 0 Å². The van der Waals surface area contributed by atoms with Gasteiger partial charge in [0.2, 0.25) is 0 Å². The Bertz CT molecular complexity index is 570. The third kappa shape index (κ3) is 2.09. The average molecular weight is 267 g/mol. The van der Waals surface area contributed by atoms with Gasteiger partial charge < -0.3 is 19.8 Å². The van der Waals surface area contributed by atoms with Crippen molar-refractivity contribution in [3.05, 3.63) is 28.5 Å². The topological polar surface area (TPSA) is 106 Å². The molecule has 8 nitrogen and oxygen atoms in total. The van der Waals surface area contributed by atoms with E-state index in [1.54, 1.807) is 12.3 Å². The van der Waals surface area contributed by atoms with Crippen LogP contribution in [0.25, 0.3) is 6.08 Å². The molecule has 3 N–H and O–H groups in total. The van der Waals surface area contributed by atoms with Crippen molar-refractivity contribution < 1.29 is 19.8 Å². The Morgan fingerprint density at radius 3 is 3.16 bits per heavy atom. The van der Waals surface area contributed by atoms with Gasteiger partial charge in [-0.25, -0.2) is 10.3 Å². The molecule has 1 saturated heterocycles. The standard InChI is InChI=1S/C11H13N3O5/c15-5-8-7(16)3-9(19-8)14-4-6-1-2-18-13-10(6)12-11(14)17/h1-2,4,7-9,15-16H,3,5H2,(H,12,13,17)/t7-,8+,9+/m0/s1. The van der Waals surface area contributed by atoms with Gasteiger partial charge in [-0.15, -0.1) is 0 Å². The fourth-order valence-electron chi connectivity index (χ4n) is 2.14. The van der Waals surface area contributed by atoms with E-state index in [9.17, 15) is 9.90 Å². The summed E-state index contributed by atoms with van der Waals surface area (Å²) in [7, 11) is 0. The second-order valence-corrected chi connectivity index (χ2v) is 4.37. The van der Waals surface area contributed by atoms with Crippen molar-refractivity contribution in [2.45, 2.75) is 24.9 Å². The predicted octanol–water partition coefficient (Wildman–Crippen LogP) is -0.788. The van der Waals surface area contributed by atoms with Crippen LogP contribution in [0.5, 0.6) is 0 Å². The lowest BCUT2D eigenvalue weighted by Crippen LogP contribution is -2.29. The van der Waals surface area contributed by atoms with Crippen LogP contribution in [-0.2, 0) is 9.57 Å². The minimum absolute atomic E-state index is 0.235. The van der Waals surface area contributed by atoms with Crippen molar-refractivity contribution in [2.24, 2.45) is 0 Å². The lowest BCUT2D eigenvalue weighted by Gasteiger charge is -2.17. The van der Waals surface area contributed by atoms with Gasteiger partial charge in [0.05, 0.1) is 12.7 Å². The van der Waals surface area contributed by atoms with E-state index < -0.39 is 24.1 Å². The van der Waals surface area contributed by atoms with Gasteiger partial charge in [0.25, 0.3) is 0 Å². The van der Waals surface area contributed by atoms with Crippen LogP contribution in [-0.4, -0.2) is 38.6 Å². The maximum absolute atomic E-state index is 11.9. The number of nitrogens with zero attached hydrogens (tertiary/aromatic N) is 2. The maximum Gasteiger partial charge on any atom is 0.351 e. The molecule has 0 bridgehead atoms. The van der Waals surface area contributed by atoms with Gasteiger partial charge in [0, 0.05) is 18.2 Å². The van der Waals surface area contributed by atoms with Gasteiger partial charge in [-0.3, -0.25) is 4.57 Å². The van der Waals surface area contributed by atoms with Gasteiger partial charge in [-0.2, -0.15) is 4.98 Å². The highest BCUT2D eigenvalue weighted by atomic mass is 16.6. The van der Waals surface area contributed by atoms with Crippen molar-refractivity contribution in [2.75, 3.05) is 12.1 Å². The van der Waals surface area contributed by atoms with E-state index in [2.05, 4.69) is 10.5 Å². The van der Waals surface area contributed by atoms with Crippen LogP contribution in [0.3, 0.4) is 0 Å². The molecule has 2 aliphatic heterocycles. The first-order valence-electron chi connectivity index (χ1n) is 5.85. The van der Waals surface area contributed by atoms with Crippen LogP contribution in [0.1, 0.15) is 18.2 Å². The number of aromatic nitrogens is 2. The summed E-state index contributed by atoms with van der Waals surface area (Å²) < 4.78 is 6.73. The van der Waals surface area contributed by atoms with E-state index in [1.165, 1.54) is 10.8 Å². The first kappa shape index (κ1) is 12.2. The Labute approximate surface area is 107 Å². The zero-order valence-electron chi connectivity index (χ0n) is 9.89. The average Bonchev–Trinajstić information content (AvgIpc) is 2.79. The zero-order chi connectivity index (χ0) is 13.4. The minimum atomic E-state index is -0.796. The molecule has 1 aromatic rings. The molecule has 1 aromatic heterocycles. The minimum Gasteiger partial charge on any atom is -0.394 e. The molecule has 0 unspecified atom stereocenters. The molecule has 19 heavy (non-hydrogen) atoms. The van der Waals surface area contributed by atoms with E-state index in [1.807, 2.05) is 0 Å². The Morgan fingerprint density at radius 1 is 1.58 bits per heavy atom. The number of hydrogen-bond donors (Lipinski definition) is 3. The summed E-state index contributed by atoms with van der Waals surface area (Å²) in [5.74, 6) is 0.334. The predicted molar refractivity (Wildman–Crippen MR) is 63.9 cm³/mol. The first-order valence-corrected chi connectivity index (χ1v) is 5.85. The van der Waals surface area contributed by atoms with Crippen LogP contribution < -0.4 is 11.2 Å². The highest BCUT2D eigenvalue weighted by molar-refractivity contribution is 5.62. The van der Waals surface area contributed by atoms with Gasteiger partial charge in [0.1, 0.15) is 18.6 Å². The van der Waals surface area contributed by atoms with Crippen LogP contribution in [0.2, 0.25) is 0 Å². The molecule has 3 atom stereocenters. The SMILES string of the molecule is O=c1nc2c(cn1[C@H]1C[C@H](O)[C@@H](CO)O1)C=CON2. The summed E-state index contributed by atoms with van der Waals surface area (Å²) in [5, 5.41) is 18.7. The number of ether oxygens (including phenoxy) is 1. The number of aliphatic hydroxyl groups excluding tert-OH is 2. The summed E-state index contributed by atoms with van der Waals surface area (Å²) >= 11 is 0. The fraction of sp³-hybridized carbons (Fsp3) is 0.455. The summed E-state index contributed by atoms with van der Waals surface area (Å²) in [4.78, 5) is 20.5. The molecular formula is C11H13N3O5. The van der Waals surface area contributed by atoms with Crippen molar-refractivity contribution in [3.63, 3.8) is 0 Å². The highest BCUT2D eigenvalue weighted by Gasteiger charge is 2.35. The maximum atomic E-state index is 11.9. The van der Waals surface area contributed by atoms with Gasteiger partial charge in [-0.1, -0.05) is 0 Å². The smallest absolute Gasteiger partial charge is 0.351 e. The molecule has 3 heterocycles. The normalized spacial score (nSPS) is 28.6. The Hall–Kier alpha value is -1.90. The monoisotopic (exact) mass is 267 g/mol. The van der Waals surface area contributed by atoms with Gasteiger partial charge in [0.15, 0.2) is 5.82 Å². The molecule has 3 rings (SSSR count). The summed E-state index contributed by atoms with van der Waals surface area (Å²) in [6.45, 7) is -0.292. The van der Waals surface area contributed by atoms with Crippen molar-refractivity contribution >= 4 is 11.9 Å². The van der Waals surface area contributed by atoms with Crippen molar-refractivity contribution in [1.82, 2.24) is 9.55 Å². The van der Waals surface area contributed by atoms with Crippen LogP contribution in [0, 0.1) is 0 Å². The third-order valence-electron chi connectivity index (χ3n) is 3.15. The van der Waals surface area contributed by atoms with Gasteiger partial charge >= 0.3 is 5.69 Å². The Balaban J connectivity index is 1.94. The van der Waals surface area contributed by atoms with Gasteiger partial charge in [-0.05, 0) is 6.08 Å². The summed E-state index contributed by atoms with van der Waals surface area (Å²) in [5.41, 5.74) is 2.67. The number of fused-ring (bicyclic) bond motifs is 1. The quantitative estimate of drug-likeness (QED) is 0.645. The van der Waals surface area contributed by atoms with E-state index in [0.29, 0.717) is 11.4 Å². The Morgan fingerprint density at radius 2 is 2.42 bits per heavy atom. The zero-order valence-corrected chi connectivity index (χ0v) is 9.89. The number of nitrogens with one attached hydrogen (secondary N) is 1. The van der Waals surface area contributed by atoms with E-state index >= 15 is 0 Å². The van der Waals surface area contributed by atoms with Crippen LogP contribution in [0.15, 0.2) is 17.3 Å². The molecule has 0 radical (unpaired) electrons. The second kappa shape index (κ2) is 4.65. The largest absolute Gasteiger partial charge is 0.394 e. The second-order valence-electron chi connectivity index (χ2n) is 4.37. The fourth-order valence-corrected chi connectivity index (χ4v) is 2.14. The van der Waals surface area contributed by atoms with Crippen molar-refractivity contribution in [3.8, 4) is 0 Å². The molecule has 0 saturated carbocycles. The Kier molecular flexibility index (Phi) is 2.97. The number of aliphatic hydroxyl groups is 2. The van der Waals surface area contributed by atoms with Crippen LogP contribution in [0.4, 0.5) is 5.82 Å². The number of hydrogen-bond acceptors (Lipinski definition) is 7. The molecule has 0 aliphatic carbocycles. The summed E-state index contributed by atoms with van der Waals surface area (Å²) in [6, 6.07) is 0. The number of anilines is 1. The van der Waals surface area contributed by atoms with E-state index in [4.69, 9.17) is 14.7 Å². The molecule has 0 spiro atoms. The molecule has 102 valence electrons. The molecule has 8 heteroatoms. The van der Waals surface area contributed by atoms with Crippen LogP contribution >= 0.6 is 0 Å². The highest BCUT2D eigenvalue weighted by Crippen LogP contribution is 2.28. The molecular weight excluding hydrogens is 254 g/mol. The third-order valence-corrected chi connectivity index (χ3v) is 3.15. The summed E-state index contributed by atoms with van der Waals surface area (Å²) in [6.07, 6.45) is 2.80.